The molecule has 2 fully saturated rings. The Labute approximate surface area is 165 Å². The minimum atomic E-state index is 0.778. The van der Waals surface area contributed by atoms with Gasteiger partial charge in [-0.25, -0.2) is 4.98 Å². The second kappa shape index (κ2) is 7.89. The number of hydrogen-bond donors (Lipinski definition) is 0. The normalized spacial score (nSPS) is 18.9. The van der Waals surface area contributed by atoms with Gasteiger partial charge in [-0.3, -0.25) is 9.88 Å². The zero-order valence-electron chi connectivity index (χ0n) is 16.3. The molecule has 2 saturated heterocycles. The highest BCUT2D eigenvalue weighted by molar-refractivity contribution is 5.82. The summed E-state index contributed by atoms with van der Waals surface area (Å²) < 4.78 is 5.96. The molecule has 0 radical (unpaired) electrons. The average Bonchev–Trinajstić information content (AvgIpc) is 3.42. The van der Waals surface area contributed by atoms with Gasteiger partial charge in [0.05, 0.1) is 12.4 Å². The van der Waals surface area contributed by atoms with Crippen molar-refractivity contribution in [3.05, 3.63) is 42.7 Å². The predicted octanol–water partition coefficient (Wildman–Crippen LogP) is 3.11. The van der Waals surface area contributed by atoms with E-state index in [9.17, 15) is 0 Å². The highest BCUT2D eigenvalue weighted by atomic mass is 16.3. The summed E-state index contributed by atoms with van der Waals surface area (Å²) in [6, 6.07) is 10.1. The van der Waals surface area contributed by atoms with E-state index in [0.29, 0.717) is 0 Å². The van der Waals surface area contributed by atoms with Gasteiger partial charge in [0.2, 0.25) is 0 Å². The summed E-state index contributed by atoms with van der Waals surface area (Å²) >= 11 is 0. The monoisotopic (exact) mass is 377 g/mol. The van der Waals surface area contributed by atoms with E-state index < -0.39 is 0 Å². The van der Waals surface area contributed by atoms with E-state index in [4.69, 9.17) is 9.40 Å². The fourth-order valence-corrected chi connectivity index (χ4v) is 4.22. The molecular weight excluding hydrogens is 350 g/mol. The number of nitrogens with zero attached hydrogens (tertiary/aromatic N) is 5. The van der Waals surface area contributed by atoms with Crippen LogP contribution in [0.15, 0.2) is 47.1 Å². The third kappa shape index (κ3) is 3.75. The second-order valence-corrected chi connectivity index (χ2v) is 7.79. The summed E-state index contributed by atoms with van der Waals surface area (Å²) in [6.45, 7) is 9.12. The van der Waals surface area contributed by atoms with Gasteiger partial charge in [-0.2, -0.15) is 0 Å². The lowest BCUT2D eigenvalue weighted by atomic mass is 10.2. The number of rotatable bonds is 5. The summed E-state index contributed by atoms with van der Waals surface area (Å²) in [5, 5.41) is 1.09. The number of anilines is 1. The van der Waals surface area contributed by atoms with Gasteiger partial charge in [-0.1, -0.05) is 18.2 Å². The number of furan rings is 1. The first kappa shape index (κ1) is 17.6. The van der Waals surface area contributed by atoms with Crippen molar-refractivity contribution in [3.8, 4) is 11.5 Å². The molecule has 1 aromatic carbocycles. The van der Waals surface area contributed by atoms with E-state index >= 15 is 0 Å². The molecule has 4 heterocycles. The minimum Gasteiger partial charge on any atom is -0.454 e. The molecule has 0 N–H and O–H groups in total. The lowest BCUT2D eigenvalue weighted by Crippen LogP contribution is -2.48. The summed E-state index contributed by atoms with van der Waals surface area (Å²) in [7, 11) is 0. The number of fused-ring (bicyclic) bond motifs is 1. The molecular formula is C22H27N5O. The zero-order chi connectivity index (χ0) is 18.8. The van der Waals surface area contributed by atoms with Crippen LogP contribution in [0.2, 0.25) is 0 Å². The number of hydrogen-bond acceptors (Lipinski definition) is 6. The molecule has 0 bridgehead atoms. The Kier molecular flexibility index (Phi) is 4.97. The molecule has 3 aromatic rings. The third-order valence-corrected chi connectivity index (χ3v) is 5.93. The average molecular weight is 377 g/mol. The van der Waals surface area contributed by atoms with Crippen LogP contribution in [0, 0.1) is 0 Å². The van der Waals surface area contributed by atoms with Crippen LogP contribution in [0.4, 0.5) is 5.82 Å². The molecule has 0 unspecified atom stereocenters. The molecule has 0 saturated carbocycles. The number of aromatic nitrogens is 2. The zero-order valence-corrected chi connectivity index (χ0v) is 16.3. The van der Waals surface area contributed by atoms with Crippen molar-refractivity contribution in [2.45, 2.75) is 12.8 Å². The molecule has 146 valence electrons. The van der Waals surface area contributed by atoms with Crippen molar-refractivity contribution < 1.29 is 4.42 Å². The van der Waals surface area contributed by atoms with E-state index in [1.54, 1.807) is 6.20 Å². The summed E-state index contributed by atoms with van der Waals surface area (Å²) in [5.41, 5.74) is 1.68. The van der Waals surface area contributed by atoms with Gasteiger partial charge >= 0.3 is 0 Å². The Balaban J connectivity index is 1.23. The van der Waals surface area contributed by atoms with E-state index in [1.807, 2.05) is 30.5 Å². The standard InChI is InChI=1S/C22H27N5O/c1-2-6-20-18(5-1)15-21(28-20)19-16-23-17-22(24-19)27-13-11-26(12-14-27)10-9-25-7-3-4-8-25/h1-2,5-6,15-17H,3-4,7-14H2. The van der Waals surface area contributed by atoms with Crippen LogP contribution in [-0.2, 0) is 0 Å². The molecule has 28 heavy (non-hydrogen) atoms. The quantitative estimate of drug-likeness (QED) is 0.681. The first-order valence-corrected chi connectivity index (χ1v) is 10.4. The summed E-state index contributed by atoms with van der Waals surface area (Å²) in [5.74, 6) is 1.72. The van der Waals surface area contributed by atoms with Crippen LogP contribution in [0.5, 0.6) is 0 Å². The van der Waals surface area contributed by atoms with Crippen LogP contribution in [0.3, 0.4) is 0 Å². The van der Waals surface area contributed by atoms with Crippen LogP contribution in [0.25, 0.3) is 22.4 Å². The minimum absolute atomic E-state index is 0.778. The van der Waals surface area contributed by atoms with Crippen LogP contribution in [0.1, 0.15) is 12.8 Å². The predicted molar refractivity (Wildman–Crippen MR) is 112 cm³/mol. The van der Waals surface area contributed by atoms with Crippen LogP contribution < -0.4 is 4.90 Å². The highest BCUT2D eigenvalue weighted by Crippen LogP contribution is 2.27. The lowest BCUT2D eigenvalue weighted by Gasteiger charge is -2.36. The van der Waals surface area contributed by atoms with Crippen molar-refractivity contribution >= 4 is 16.8 Å². The number of likely N-dealkylation sites (tertiary alicyclic amines) is 1. The SMILES string of the molecule is c1ccc2oc(-c3cncc(N4CCN(CCN5CCCC5)CC4)n3)cc2c1. The molecule has 0 spiro atoms. The number of piperazine rings is 1. The van der Waals surface area contributed by atoms with Crippen molar-refractivity contribution in [2.75, 3.05) is 57.3 Å². The maximum atomic E-state index is 5.96. The van der Waals surface area contributed by atoms with E-state index in [1.165, 1.54) is 39.0 Å². The first-order valence-electron chi connectivity index (χ1n) is 10.4. The third-order valence-electron chi connectivity index (χ3n) is 5.93. The van der Waals surface area contributed by atoms with Crippen molar-refractivity contribution in [1.29, 1.82) is 0 Å². The maximum absolute atomic E-state index is 5.96. The lowest BCUT2D eigenvalue weighted by molar-refractivity contribution is 0.215. The highest BCUT2D eigenvalue weighted by Gasteiger charge is 2.20. The molecule has 6 heteroatoms. The molecule has 2 aliphatic heterocycles. The van der Waals surface area contributed by atoms with E-state index in [-0.39, 0.29) is 0 Å². The van der Waals surface area contributed by atoms with Crippen molar-refractivity contribution in [1.82, 2.24) is 19.8 Å². The maximum Gasteiger partial charge on any atom is 0.155 e. The largest absolute Gasteiger partial charge is 0.454 e. The molecule has 2 aromatic heterocycles. The first-order chi connectivity index (χ1) is 13.8. The number of para-hydroxylation sites is 1. The fraction of sp³-hybridized carbons (Fsp3) is 0.455. The molecule has 0 amide bonds. The summed E-state index contributed by atoms with van der Waals surface area (Å²) in [6.07, 6.45) is 6.39. The van der Waals surface area contributed by atoms with Crippen molar-refractivity contribution in [3.63, 3.8) is 0 Å². The second-order valence-electron chi connectivity index (χ2n) is 7.79. The Bertz CT molecular complexity index is 892. The van der Waals surface area contributed by atoms with Crippen LogP contribution in [-0.4, -0.2) is 72.1 Å². The van der Waals surface area contributed by atoms with Gasteiger partial charge in [0.15, 0.2) is 5.76 Å². The Morgan fingerprint density at radius 1 is 0.857 bits per heavy atom. The molecule has 5 rings (SSSR count). The molecule has 0 atom stereocenters. The van der Waals surface area contributed by atoms with Crippen molar-refractivity contribution in [2.24, 2.45) is 0 Å². The molecule has 6 nitrogen and oxygen atoms in total. The van der Waals surface area contributed by atoms with Gasteiger partial charge in [-0.15, -0.1) is 0 Å². The van der Waals surface area contributed by atoms with E-state index in [0.717, 1.165) is 54.4 Å². The molecule has 2 aliphatic rings. The van der Waals surface area contributed by atoms with E-state index in [2.05, 4.69) is 25.8 Å². The van der Waals surface area contributed by atoms with Crippen LogP contribution >= 0.6 is 0 Å². The Morgan fingerprint density at radius 3 is 2.39 bits per heavy atom. The molecule has 0 aliphatic carbocycles. The summed E-state index contributed by atoms with van der Waals surface area (Å²) in [4.78, 5) is 16.8. The van der Waals surface area contributed by atoms with Gasteiger partial charge in [0.25, 0.3) is 0 Å². The van der Waals surface area contributed by atoms with Gasteiger partial charge in [0, 0.05) is 44.7 Å². The van der Waals surface area contributed by atoms with Gasteiger partial charge < -0.3 is 14.2 Å². The smallest absolute Gasteiger partial charge is 0.155 e. The number of benzene rings is 1. The van der Waals surface area contributed by atoms with Gasteiger partial charge in [-0.05, 0) is 38.1 Å². The Morgan fingerprint density at radius 2 is 1.61 bits per heavy atom. The van der Waals surface area contributed by atoms with Gasteiger partial charge in [0.1, 0.15) is 17.1 Å². The fourth-order valence-electron chi connectivity index (χ4n) is 4.22. The topological polar surface area (TPSA) is 48.6 Å². The Hall–Kier alpha value is -2.44.